The van der Waals surface area contributed by atoms with E-state index >= 15 is 0 Å². The molecule has 4 atom stereocenters. The second kappa shape index (κ2) is 14.6. The van der Waals surface area contributed by atoms with E-state index in [-0.39, 0.29) is 37.4 Å². The Bertz CT molecular complexity index is 1300. The molecule has 0 spiro atoms. The molecule has 3 rings (SSSR count). The molecular formula is C25H33N9O8. The predicted octanol–water partition coefficient (Wildman–Crippen LogP) is -1.09. The maximum atomic E-state index is 14.0. The number of carboxylic acid groups (broad SMARTS) is 2. The molecule has 0 radical (unpaired) electrons. The molecule has 1 aliphatic rings. The highest BCUT2D eigenvalue weighted by molar-refractivity contribution is 6.06. The first-order valence-electron chi connectivity index (χ1n) is 13.3. The SMILES string of the molecule is CCC(C)C(NC(=O)CCC(=O)O)C(=O)NC(CCC(=O)O)C(=O)N1c2ncccc2C[C@H]1C(=O)NCc1nn[nH]n1. The summed E-state index contributed by atoms with van der Waals surface area (Å²) in [6, 6.07) is -0.245. The molecule has 3 heterocycles. The number of aromatic amines is 1. The number of carbonyl (C=O) groups excluding carboxylic acids is 4. The molecule has 0 saturated carbocycles. The fourth-order valence-electron chi connectivity index (χ4n) is 4.39. The van der Waals surface area contributed by atoms with Gasteiger partial charge in [0.25, 0.3) is 5.91 Å². The Hall–Kier alpha value is -4.96. The molecule has 226 valence electrons. The van der Waals surface area contributed by atoms with Crippen molar-refractivity contribution in [3.63, 3.8) is 0 Å². The highest BCUT2D eigenvalue weighted by Gasteiger charge is 2.42. The van der Waals surface area contributed by atoms with E-state index in [1.807, 2.05) is 0 Å². The lowest BCUT2D eigenvalue weighted by Gasteiger charge is -2.30. The van der Waals surface area contributed by atoms with E-state index in [2.05, 4.69) is 41.6 Å². The highest BCUT2D eigenvalue weighted by atomic mass is 16.4. The molecule has 42 heavy (non-hydrogen) atoms. The molecular weight excluding hydrogens is 554 g/mol. The third-order valence-electron chi connectivity index (χ3n) is 6.81. The van der Waals surface area contributed by atoms with Crippen molar-refractivity contribution in [1.82, 2.24) is 41.6 Å². The molecule has 0 fully saturated rings. The minimum absolute atomic E-state index is 0.0744. The van der Waals surface area contributed by atoms with Crippen LogP contribution in [0.3, 0.4) is 0 Å². The van der Waals surface area contributed by atoms with E-state index in [1.165, 1.54) is 6.20 Å². The molecule has 0 bridgehead atoms. The van der Waals surface area contributed by atoms with Crippen LogP contribution in [0.25, 0.3) is 0 Å². The van der Waals surface area contributed by atoms with Crippen LogP contribution in [0.1, 0.15) is 57.3 Å². The number of H-pyrrole nitrogens is 1. The van der Waals surface area contributed by atoms with Crippen LogP contribution in [0.4, 0.5) is 5.82 Å². The topological polar surface area (TPSA) is 250 Å². The number of aliphatic carboxylic acids is 2. The van der Waals surface area contributed by atoms with Gasteiger partial charge in [-0.15, -0.1) is 10.2 Å². The van der Waals surface area contributed by atoms with Gasteiger partial charge in [-0.1, -0.05) is 31.5 Å². The minimum atomic E-state index is -1.39. The number of carbonyl (C=O) groups is 6. The Morgan fingerprint density at radius 3 is 2.48 bits per heavy atom. The zero-order valence-electron chi connectivity index (χ0n) is 23.1. The van der Waals surface area contributed by atoms with Gasteiger partial charge in [-0.25, -0.2) is 4.98 Å². The van der Waals surface area contributed by atoms with Crippen molar-refractivity contribution in [3.05, 3.63) is 29.7 Å². The molecule has 17 nitrogen and oxygen atoms in total. The van der Waals surface area contributed by atoms with Gasteiger partial charge in [-0.2, -0.15) is 5.21 Å². The van der Waals surface area contributed by atoms with Crippen molar-refractivity contribution in [1.29, 1.82) is 0 Å². The molecule has 0 saturated heterocycles. The van der Waals surface area contributed by atoms with E-state index in [1.54, 1.807) is 26.0 Å². The summed E-state index contributed by atoms with van der Waals surface area (Å²) >= 11 is 0. The van der Waals surface area contributed by atoms with Gasteiger partial charge >= 0.3 is 11.9 Å². The first kappa shape index (κ1) is 31.6. The Kier molecular flexibility index (Phi) is 11.0. The van der Waals surface area contributed by atoms with Crippen molar-refractivity contribution in [2.45, 2.75) is 77.0 Å². The van der Waals surface area contributed by atoms with Crippen LogP contribution in [0.15, 0.2) is 18.3 Å². The molecule has 0 aromatic carbocycles. The number of tetrazole rings is 1. The van der Waals surface area contributed by atoms with Gasteiger partial charge in [0.05, 0.1) is 13.0 Å². The zero-order chi connectivity index (χ0) is 30.8. The molecule has 4 amide bonds. The number of pyridine rings is 1. The second-order valence-electron chi connectivity index (χ2n) is 9.78. The van der Waals surface area contributed by atoms with Crippen molar-refractivity contribution >= 4 is 41.4 Å². The third-order valence-corrected chi connectivity index (χ3v) is 6.81. The van der Waals surface area contributed by atoms with Crippen molar-refractivity contribution < 1.29 is 39.0 Å². The lowest BCUT2D eigenvalue weighted by molar-refractivity contribution is -0.140. The zero-order valence-corrected chi connectivity index (χ0v) is 23.1. The summed E-state index contributed by atoms with van der Waals surface area (Å²) in [7, 11) is 0. The van der Waals surface area contributed by atoms with Crippen molar-refractivity contribution in [2.75, 3.05) is 4.90 Å². The van der Waals surface area contributed by atoms with Crippen LogP contribution in [0, 0.1) is 5.92 Å². The van der Waals surface area contributed by atoms with Gasteiger partial charge < -0.3 is 26.2 Å². The number of fused-ring (bicyclic) bond motifs is 1. The van der Waals surface area contributed by atoms with Crippen LogP contribution in [0.2, 0.25) is 0 Å². The van der Waals surface area contributed by atoms with E-state index < -0.39 is 72.5 Å². The number of carboxylic acids is 2. The first-order valence-corrected chi connectivity index (χ1v) is 13.3. The Labute approximate surface area is 239 Å². The minimum Gasteiger partial charge on any atom is -0.481 e. The normalized spacial score (nSPS) is 16.0. The van der Waals surface area contributed by atoms with Crippen LogP contribution >= 0.6 is 0 Å². The van der Waals surface area contributed by atoms with Gasteiger partial charge in [0.15, 0.2) is 5.82 Å². The summed E-state index contributed by atoms with van der Waals surface area (Å²) in [5, 5.41) is 39.2. The Morgan fingerprint density at radius 1 is 1.10 bits per heavy atom. The van der Waals surface area contributed by atoms with E-state index in [0.29, 0.717) is 12.0 Å². The number of amides is 4. The van der Waals surface area contributed by atoms with Gasteiger partial charge in [-0.3, -0.25) is 33.7 Å². The maximum Gasteiger partial charge on any atom is 0.303 e. The fraction of sp³-hybridized carbons (Fsp3) is 0.520. The van der Waals surface area contributed by atoms with Crippen LogP contribution < -0.4 is 20.9 Å². The van der Waals surface area contributed by atoms with E-state index in [0.717, 1.165) is 4.90 Å². The molecule has 2 aromatic heterocycles. The van der Waals surface area contributed by atoms with E-state index in [9.17, 15) is 33.9 Å². The number of nitrogens with one attached hydrogen (secondary N) is 4. The largest absolute Gasteiger partial charge is 0.481 e. The average Bonchev–Trinajstić information content (AvgIpc) is 3.62. The molecule has 2 aromatic rings. The van der Waals surface area contributed by atoms with Crippen molar-refractivity contribution in [2.24, 2.45) is 5.92 Å². The summed E-state index contributed by atoms with van der Waals surface area (Å²) in [6.07, 6.45) is 0.433. The molecule has 17 heteroatoms. The summed E-state index contributed by atoms with van der Waals surface area (Å²) in [5.74, 6) is -5.13. The van der Waals surface area contributed by atoms with Gasteiger partial charge in [-0.05, 0) is 24.0 Å². The second-order valence-corrected chi connectivity index (χ2v) is 9.78. The molecule has 1 aliphatic heterocycles. The van der Waals surface area contributed by atoms with E-state index in [4.69, 9.17) is 5.11 Å². The average molecular weight is 588 g/mol. The summed E-state index contributed by atoms with van der Waals surface area (Å²) in [4.78, 5) is 80.6. The summed E-state index contributed by atoms with van der Waals surface area (Å²) < 4.78 is 0. The van der Waals surface area contributed by atoms with Gasteiger partial charge in [0.1, 0.15) is 23.9 Å². The van der Waals surface area contributed by atoms with Crippen molar-refractivity contribution in [3.8, 4) is 0 Å². The fourth-order valence-corrected chi connectivity index (χ4v) is 4.39. The van der Waals surface area contributed by atoms with Crippen LogP contribution in [-0.2, 0) is 41.7 Å². The standard InChI is InChI=1S/C25H33N9O8/c1-3-13(2)21(29-18(35)7-9-20(38)39)24(41)28-15(6-8-19(36)37)25(42)34-16(11-14-5-4-10-26-22(14)34)23(40)27-12-17-30-32-33-31-17/h4-5,10,13,15-16,21H,3,6-9,11-12H2,1-2H3,(H,27,40)(H,28,41)(H,29,35)(H,36,37)(H,38,39)(H,30,31,32,33)/t13?,15?,16-,21?/m0/s1. The number of hydrogen-bond acceptors (Lipinski definition) is 10. The van der Waals surface area contributed by atoms with Crippen LogP contribution in [-0.4, -0.2) is 89.5 Å². The molecule has 3 unspecified atom stereocenters. The maximum absolute atomic E-state index is 14.0. The smallest absolute Gasteiger partial charge is 0.303 e. The summed E-state index contributed by atoms with van der Waals surface area (Å²) in [5.41, 5.74) is 0.594. The Balaban J connectivity index is 1.85. The number of aromatic nitrogens is 5. The lowest BCUT2D eigenvalue weighted by Crippen LogP contribution is -2.58. The predicted molar refractivity (Wildman–Crippen MR) is 142 cm³/mol. The third kappa shape index (κ3) is 8.28. The number of hydrogen-bond donors (Lipinski definition) is 6. The van der Waals surface area contributed by atoms with Crippen LogP contribution in [0.5, 0.6) is 0 Å². The molecule has 6 N–H and O–H groups in total. The summed E-state index contributed by atoms with van der Waals surface area (Å²) in [6.45, 7) is 3.40. The van der Waals surface area contributed by atoms with Gasteiger partial charge in [0.2, 0.25) is 17.7 Å². The highest BCUT2D eigenvalue weighted by Crippen LogP contribution is 2.31. The monoisotopic (exact) mass is 587 g/mol. The number of rotatable bonds is 15. The molecule has 0 aliphatic carbocycles. The quantitative estimate of drug-likeness (QED) is 0.145. The Morgan fingerprint density at radius 2 is 1.83 bits per heavy atom. The van der Waals surface area contributed by atoms with Gasteiger partial charge in [0, 0.05) is 25.5 Å². The number of anilines is 1. The number of nitrogens with zero attached hydrogens (tertiary/aromatic N) is 5. The first-order chi connectivity index (χ1) is 20.0. The lowest BCUT2D eigenvalue weighted by atomic mass is 9.97.